The Morgan fingerprint density at radius 1 is 1.32 bits per heavy atom. The molecule has 2 bridgehead atoms. The van der Waals surface area contributed by atoms with Gasteiger partial charge in [-0.15, -0.1) is 0 Å². The minimum Gasteiger partial charge on any atom is -0.347 e. The third kappa shape index (κ3) is 5.78. The van der Waals surface area contributed by atoms with E-state index >= 15 is 0 Å². The van der Waals surface area contributed by atoms with Gasteiger partial charge >= 0.3 is 0 Å². The van der Waals surface area contributed by atoms with E-state index in [1.54, 1.807) is 28.8 Å². The van der Waals surface area contributed by atoms with Gasteiger partial charge in [0.25, 0.3) is 14.4 Å². The monoisotopic (exact) mass is 600 g/mol. The summed E-state index contributed by atoms with van der Waals surface area (Å²) in [7, 11) is -3.03. The average molecular weight is 601 g/mol. The molecule has 2 fully saturated rings. The number of hydrogen-bond acceptors (Lipinski definition) is 9. The molecular formula is C27H34N7O5PS. The minimum atomic E-state index is -1.65. The van der Waals surface area contributed by atoms with Gasteiger partial charge in [0.2, 0.25) is 6.54 Å². The average Bonchev–Trinajstić information content (AvgIpc) is 3.61. The first-order chi connectivity index (χ1) is 20.2. The molecule has 0 radical (unpaired) electrons. The number of carbonyl (C=O) groups is 1. The first-order valence-electron chi connectivity index (χ1n) is 14.0. The Bertz CT molecular complexity index is 1480. The fourth-order valence-corrected chi connectivity index (χ4v) is 9.03. The van der Waals surface area contributed by atoms with E-state index in [2.05, 4.69) is 29.8 Å². The van der Waals surface area contributed by atoms with Gasteiger partial charge in [-0.25, -0.2) is 26.2 Å². The van der Waals surface area contributed by atoms with Crippen molar-refractivity contribution < 1.29 is 24.2 Å². The van der Waals surface area contributed by atoms with Crippen LogP contribution in [-0.4, -0.2) is 82.2 Å². The van der Waals surface area contributed by atoms with Crippen molar-refractivity contribution in [3.8, 4) is 0 Å². The number of hydrogen-bond donors (Lipinski definition) is 1. The van der Waals surface area contributed by atoms with Crippen LogP contribution in [0.3, 0.4) is 0 Å². The lowest BCUT2D eigenvalue weighted by Gasteiger charge is -2.38. The maximum atomic E-state index is 13.6. The van der Waals surface area contributed by atoms with E-state index in [0.717, 1.165) is 0 Å². The predicted molar refractivity (Wildman–Crippen MR) is 156 cm³/mol. The first kappa shape index (κ1) is 28.3. The maximum absolute atomic E-state index is 13.6. The molecule has 5 rings (SSSR count). The summed E-state index contributed by atoms with van der Waals surface area (Å²) in [6.07, 6.45) is 1.38. The van der Waals surface area contributed by atoms with Gasteiger partial charge < -0.3 is 23.9 Å². The number of benzene rings is 1. The summed E-state index contributed by atoms with van der Waals surface area (Å²) in [5.41, 5.74) is 0.0902. The van der Waals surface area contributed by atoms with E-state index in [9.17, 15) is 9.00 Å². The quantitative estimate of drug-likeness (QED) is 0.196. The van der Waals surface area contributed by atoms with E-state index in [1.165, 1.54) is 12.7 Å². The third-order valence-corrected chi connectivity index (χ3v) is 10.9. The van der Waals surface area contributed by atoms with Gasteiger partial charge in [-0.2, -0.15) is 0 Å². The molecule has 14 heteroatoms. The lowest BCUT2D eigenvalue weighted by molar-refractivity contribution is -0.0732. The number of amides is 1. The summed E-state index contributed by atoms with van der Waals surface area (Å²) in [6, 6.07) is 8.93. The van der Waals surface area contributed by atoms with Gasteiger partial charge in [-0.3, -0.25) is 13.6 Å². The van der Waals surface area contributed by atoms with Crippen molar-refractivity contribution in [2.24, 2.45) is 0 Å². The second-order valence-corrected chi connectivity index (χ2v) is 13.5. The fourth-order valence-electron chi connectivity index (χ4n) is 5.20. The van der Waals surface area contributed by atoms with Crippen molar-refractivity contribution >= 4 is 42.2 Å². The van der Waals surface area contributed by atoms with Crippen LogP contribution < -0.4 is 5.32 Å². The third-order valence-electron chi connectivity index (χ3n) is 6.90. The molecule has 0 aliphatic carbocycles. The zero-order chi connectivity index (χ0) is 30.0. The topological polar surface area (TPSA) is 125 Å². The summed E-state index contributed by atoms with van der Waals surface area (Å²) in [4.78, 5) is 29.3. The standard InChI is InChI=1S/C27H34N7O5PS/c1-17(2)34(18(3)4)40(37-13-12-28-6)39-22-21-26(38-27(22,5)14-41(21)36)33-16-31-20-23(29-15-30-24(20)33)32-25(35)19-10-8-7-9-11-19/h7-11,15-18,21-22,26H,12-14H2,1-5H3,(H,29,30,32,35)/t21-,22+,26-,27+,40?,41?/m1/s1/i5D. The normalized spacial score (nSPS) is 26.5. The Hall–Kier alpha value is -2.85. The van der Waals surface area contributed by atoms with Crippen molar-refractivity contribution in [2.75, 3.05) is 24.2 Å². The highest BCUT2D eigenvalue weighted by Gasteiger charge is 2.64. The molecule has 2 aromatic heterocycles. The number of aromatic nitrogens is 4. The van der Waals surface area contributed by atoms with Crippen LogP contribution in [0.1, 0.15) is 52.6 Å². The maximum Gasteiger partial charge on any atom is 0.259 e. The second-order valence-electron chi connectivity index (χ2n) is 10.5. The van der Waals surface area contributed by atoms with Gasteiger partial charge in [0, 0.05) is 29.8 Å². The van der Waals surface area contributed by atoms with Crippen LogP contribution in [0.15, 0.2) is 43.0 Å². The zero-order valence-electron chi connectivity index (χ0n) is 24.3. The molecule has 6 atom stereocenters. The summed E-state index contributed by atoms with van der Waals surface area (Å²) >= 11 is 0. The van der Waals surface area contributed by atoms with Crippen LogP contribution in [-0.2, 0) is 24.6 Å². The van der Waals surface area contributed by atoms with Gasteiger partial charge in [-0.1, -0.05) is 18.2 Å². The molecule has 0 saturated carbocycles. The molecule has 2 saturated heterocycles. The molecule has 1 aromatic carbocycles. The van der Waals surface area contributed by atoms with Gasteiger partial charge in [0.1, 0.15) is 29.9 Å². The largest absolute Gasteiger partial charge is 0.347 e. The first-order valence-corrected chi connectivity index (χ1v) is 15.8. The summed E-state index contributed by atoms with van der Waals surface area (Å²) < 4.78 is 45.1. The summed E-state index contributed by atoms with van der Waals surface area (Å²) in [5.74, 6) is 0.0632. The molecule has 1 amide bonds. The molecular weight excluding hydrogens is 565 g/mol. The van der Waals surface area contributed by atoms with Gasteiger partial charge in [-0.05, 0) is 46.7 Å². The summed E-state index contributed by atoms with van der Waals surface area (Å²) in [5, 5.41) is 2.17. The van der Waals surface area contributed by atoms with Crippen LogP contribution in [0.25, 0.3) is 16.0 Å². The number of carbonyl (C=O) groups excluding carboxylic acids is 1. The van der Waals surface area contributed by atoms with Crippen molar-refractivity contribution in [3.05, 3.63) is 60.0 Å². The Balaban J connectivity index is 1.46. The SMILES string of the molecule is [2H]C[C@@]12CS(=O)[C@@H]([C@H](n3cnc4c(NC(=O)c5ccccc5)ncnc43)O1)[C@@H]2OP(OCC[N+]#[C-])N(C(C)C)C(C)C. The molecule has 0 spiro atoms. The lowest BCUT2D eigenvalue weighted by Crippen LogP contribution is -2.40. The number of imidazole rings is 1. The Labute approximate surface area is 244 Å². The molecule has 4 heterocycles. The smallest absolute Gasteiger partial charge is 0.259 e. The molecule has 218 valence electrons. The van der Waals surface area contributed by atoms with Gasteiger partial charge in [0.15, 0.2) is 23.2 Å². The Morgan fingerprint density at radius 2 is 2.07 bits per heavy atom. The molecule has 2 aliphatic rings. The lowest BCUT2D eigenvalue weighted by atomic mass is 10.0. The Morgan fingerprint density at radius 3 is 2.76 bits per heavy atom. The highest BCUT2D eigenvalue weighted by atomic mass is 32.2. The Kier molecular flexibility index (Phi) is 8.40. The van der Waals surface area contributed by atoms with Crippen molar-refractivity contribution in [1.82, 2.24) is 24.2 Å². The van der Waals surface area contributed by atoms with Crippen LogP contribution in [0, 0.1) is 6.57 Å². The number of rotatable bonds is 11. The number of nitrogens with zero attached hydrogens (tertiary/aromatic N) is 6. The van der Waals surface area contributed by atoms with Crippen LogP contribution in [0.4, 0.5) is 5.82 Å². The summed E-state index contributed by atoms with van der Waals surface area (Å²) in [6.45, 7) is 15.6. The second kappa shape index (κ2) is 12.2. The predicted octanol–water partition coefficient (Wildman–Crippen LogP) is 4.16. The van der Waals surface area contributed by atoms with Crippen molar-refractivity contribution in [2.45, 2.75) is 69.9 Å². The molecule has 2 unspecified atom stereocenters. The minimum absolute atomic E-state index is 0.0797. The van der Waals surface area contributed by atoms with E-state index < -0.39 is 42.5 Å². The van der Waals surface area contributed by atoms with E-state index in [1.807, 2.05) is 33.8 Å². The molecule has 1 N–H and O–H groups in total. The number of anilines is 1. The number of nitrogens with one attached hydrogen (secondary N) is 1. The van der Waals surface area contributed by atoms with Crippen LogP contribution >= 0.6 is 8.53 Å². The number of ether oxygens (including phenoxy) is 1. The highest BCUT2D eigenvalue weighted by Crippen LogP contribution is 2.56. The molecule has 3 aromatic rings. The van der Waals surface area contributed by atoms with Crippen LogP contribution in [0.2, 0.25) is 0 Å². The van der Waals surface area contributed by atoms with E-state index in [-0.39, 0.29) is 49.6 Å². The fraction of sp³-hybridized carbons (Fsp3) is 0.519. The van der Waals surface area contributed by atoms with E-state index in [0.29, 0.717) is 16.7 Å². The number of fused-ring (bicyclic) bond motifs is 3. The highest BCUT2D eigenvalue weighted by molar-refractivity contribution is 7.86. The molecule has 41 heavy (non-hydrogen) atoms. The zero-order valence-corrected chi connectivity index (χ0v) is 25.0. The molecule has 12 nitrogen and oxygen atoms in total. The molecule has 2 aliphatic heterocycles. The van der Waals surface area contributed by atoms with Crippen molar-refractivity contribution in [3.63, 3.8) is 0 Å². The van der Waals surface area contributed by atoms with E-state index in [4.69, 9.17) is 21.7 Å². The van der Waals surface area contributed by atoms with Crippen LogP contribution in [0.5, 0.6) is 0 Å². The van der Waals surface area contributed by atoms with Crippen molar-refractivity contribution in [1.29, 1.82) is 0 Å². The van der Waals surface area contributed by atoms with Gasteiger partial charge in [0.05, 0.1) is 12.1 Å².